The summed E-state index contributed by atoms with van der Waals surface area (Å²) in [5, 5.41) is 19.1. The lowest BCUT2D eigenvalue weighted by Gasteiger charge is -2.11. The molecule has 15 nitrogen and oxygen atoms in total. The van der Waals surface area contributed by atoms with E-state index < -0.39 is 0 Å². The highest BCUT2D eigenvalue weighted by Gasteiger charge is 2.24. The molecule has 0 aliphatic rings. The molecule has 0 aliphatic carbocycles. The van der Waals surface area contributed by atoms with Gasteiger partial charge in [-0.15, -0.1) is 10.2 Å². The molecule has 0 unspecified atom stereocenters. The summed E-state index contributed by atoms with van der Waals surface area (Å²) in [4.78, 5) is 34.2. The average molecular weight is 1260 g/mol. The smallest absolute Gasteiger partial charge is 0.239 e. The van der Waals surface area contributed by atoms with Crippen LogP contribution in [-0.4, -0.2) is 72.7 Å². The molecule has 8 heterocycles. The number of fused-ring (bicyclic) bond motifs is 12. The normalized spacial score (nSPS) is 11.7. The van der Waals surface area contributed by atoms with Crippen LogP contribution in [0.4, 0.5) is 0 Å². The second kappa shape index (κ2) is 23.0. The fourth-order valence-electron chi connectivity index (χ4n) is 14.0. The molecule has 0 saturated carbocycles. The molecule has 0 N–H and O–H groups in total. The van der Waals surface area contributed by atoms with Gasteiger partial charge in [-0.25, -0.2) is 39.3 Å². The summed E-state index contributed by atoms with van der Waals surface area (Å²) in [5.41, 5.74) is 14.2. The minimum absolute atomic E-state index is 0.544. The van der Waals surface area contributed by atoms with Crippen LogP contribution in [0, 0.1) is 0 Å². The maximum Gasteiger partial charge on any atom is 0.239 e. The van der Waals surface area contributed by atoms with Gasteiger partial charge < -0.3 is 0 Å². The minimum Gasteiger partial charge on any atom is -0.294 e. The molecule has 0 bridgehead atoms. The standard InChI is InChI=1S/C42H27N7.C41H26N8/c1-3-13-28(14-4-1)41-45-42(29-15-5-2-6-16-29)49(46-41)30-23-24-38-34(25-30)33-19-9-12-22-37(33)48(38)40-26-39(43-27-44-40)47-35-20-10-7-17-31(35)32-18-8-11-21-36(32)47;1-3-13-27(14-4-1)38-44-39(28-15-5-2-6-16-28)49(46-38)29-23-24-37-33(25-29)32-19-9-12-22-36(32)48(37)41-43-26-42-40(45-41)47-34-20-10-7-17-30(34)31-18-8-11-21-35(31)47/h1-27H;1-26H. The largest absolute Gasteiger partial charge is 0.294 e. The van der Waals surface area contributed by atoms with E-state index in [0.29, 0.717) is 23.5 Å². The molecule has 0 saturated heterocycles. The highest BCUT2D eigenvalue weighted by molar-refractivity contribution is 6.12. The third-order valence-electron chi connectivity index (χ3n) is 18.3. The maximum atomic E-state index is 5.11. The van der Waals surface area contributed by atoms with Gasteiger partial charge in [0.1, 0.15) is 24.3 Å². The molecule has 12 aromatic carbocycles. The molecule has 0 amide bonds. The van der Waals surface area contributed by atoms with E-state index in [1.165, 1.54) is 10.8 Å². The summed E-state index contributed by atoms with van der Waals surface area (Å²) in [6.45, 7) is 0. The first kappa shape index (κ1) is 55.8. The monoisotopic (exact) mass is 1260 g/mol. The number of hydrogen-bond donors (Lipinski definition) is 0. The Bertz CT molecular complexity index is 5940. The predicted octanol–water partition coefficient (Wildman–Crippen LogP) is 18.6. The number of aromatic nitrogens is 15. The lowest BCUT2D eigenvalue weighted by Crippen LogP contribution is -2.07. The Morgan fingerprint density at radius 3 is 0.867 bits per heavy atom. The molecule has 15 heteroatoms. The van der Waals surface area contributed by atoms with Crippen LogP contribution >= 0.6 is 0 Å². The van der Waals surface area contributed by atoms with Crippen LogP contribution in [0.3, 0.4) is 0 Å². The van der Waals surface area contributed by atoms with Crippen molar-refractivity contribution < 1.29 is 0 Å². The van der Waals surface area contributed by atoms with Crippen LogP contribution in [0.15, 0.2) is 322 Å². The van der Waals surface area contributed by atoms with E-state index in [9.17, 15) is 0 Å². The van der Waals surface area contributed by atoms with E-state index in [1.807, 2.05) is 125 Å². The molecular formula is C83H53N15. The Kier molecular flexibility index (Phi) is 13.1. The Labute approximate surface area is 559 Å². The van der Waals surface area contributed by atoms with E-state index in [2.05, 4.69) is 217 Å². The molecule has 0 fully saturated rings. The highest BCUT2D eigenvalue weighted by atomic mass is 15.4. The zero-order valence-electron chi connectivity index (χ0n) is 52.3. The lowest BCUT2D eigenvalue weighted by atomic mass is 10.1. The number of rotatable bonds is 10. The Morgan fingerprint density at radius 1 is 0.214 bits per heavy atom. The van der Waals surface area contributed by atoms with Gasteiger partial charge in [0.2, 0.25) is 11.9 Å². The second-order valence-corrected chi connectivity index (χ2v) is 24.0. The molecule has 8 aromatic heterocycles. The van der Waals surface area contributed by atoms with Crippen LogP contribution in [0.5, 0.6) is 0 Å². The van der Waals surface area contributed by atoms with Crippen LogP contribution in [-0.2, 0) is 0 Å². The molecule has 460 valence electrons. The van der Waals surface area contributed by atoms with Crippen LogP contribution in [0.1, 0.15) is 0 Å². The lowest BCUT2D eigenvalue weighted by molar-refractivity contribution is 0.884. The first-order valence-electron chi connectivity index (χ1n) is 32.4. The van der Waals surface area contributed by atoms with Gasteiger partial charge in [0, 0.05) is 71.4 Å². The fourth-order valence-corrected chi connectivity index (χ4v) is 14.0. The van der Waals surface area contributed by atoms with Gasteiger partial charge in [-0.2, -0.15) is 4.98 Å². The van der Waals surface area contributed by atoms with E-state index in [-0.39, 0.29) is 0 Å². The summed E-state index contributed by atoms with van der Waals surface area (Å²) in [7, 11) is 0. The summed E-state index contributed by atoms with van der Waals surface area (Å²) >= 11 is 0. The van der Waals surface area contributed by atoms with Crippen LogP contribution < -0.4 is 0 Å². The molecular weight excluding hydrogens is 1210 g/mol. The Hall–Kier alpha value is -13.8. The molecule has 0 radical (unpaired) electrons. The van der Waals surface area contributed by atoms with Crippen molar-refractivity contribution in [1.29, 1.82) is 0 Å². The minimum atomic E-state index is 0.544. The topological polar surface area (TPSA) is 146 Å². The van der Waals surface area contributed by atoms with Crippen molar-refractivity contribution in [2.24, 2.45) is 0 Å². The van der Waals surface area contributed by atoms with Crippen molar-refractivity contribution in [3.8, 4) is 80.5 Å². The maximum absolute atomic E-state index is 5.11. The first-order valence-corrected chi connectivity index (χ1v) is 32.4. The average Bonchev–Trinajstić information content (AvgIpc) is 1.59. The Balaban J connectivity index is 0.000000137. The van der Waals surface area contributed by atoms with Crippen LogP contribution in [0.25, 0.3) is 168 Å². The highest BCUT2D eigenvalue weighted by Crippen LogP contribution is 2.39. The van der Waals surface area contributed by atoms with E-state index in [4.69, 9.17) is 40.1 Å². The van der Waals surface area contributed by atoms with Crippen molar-refractivity contribution >= 4 is 87.2 Å². The zero-order chi connectivity index (χ0) is 64.6. The molecule has 0 aliphatic heterocycles. The fraction of sp³-hybridized carbons (Fsp3) is 0. The predicted molar refractivity (Wildman–Crippen MR) is 391 cm³/mol. The van der Waals surface area contributed by atoms with Crippen molar-refractivity contribution in [2.75, 3.05) is 0 Å². The van der Waals surface area contributed by atoms with Gasteiger partial charge >= 0.3 is 0 Å². The summed E-state index contributed by atoms with van der Waals surface area (Å²) in [5.74, 6) is 5.63. The third-order valence-corrected chi connectivity index (χ3v) is 18.3. The number of benzene rings is 12. The van der Waals surface area contributed by atoms with Gasteiger partial charge in [0.15, 0.2) is 23.3 Å². The molecule has 20 rings (SSSR count). The Morgan fingerprint density at radius 2 is 0.500 bits per heavy atom. The zero-order valence-corrected chi connectivity index (χ0v) is 52.3. The first-order chi connectivity index (χ1) is 48.6. The number of nitrogens with zero attached hydrogens (tertiary/aromatic N) is 15. The molecule has 98 heavy (non-hydrogen) atoms. The molecule has 0 spiro atoms. The van der Waals surface area contributed by atoms with Gasteiger partial charge in [-0.05, 0) is 72.8 Å². The van der Waals surface area contributed by atoms with Crippen molar-refractivity contribution in [3.63, 3.8) is 0 Å². The second-order valence-electron chi connectivity index (χ2n) is 24.0. The summed E-state index contributed by atoms with van der Waals surface area (Å²) in [6, 6.07) is 106. The van der Waals surface area contributed by atoms with Gasteiger partial charge in [-0.3, -0.25) is 18.3 Å². The van der Waals surface area contributed by atoms with Gasteiger partial charge in [0.25, 0.3) is 0 Å². The van der Waals surface area contributed by atoms with Gasteiger partial charge in [0.05, 0.1) is 55.5 Å². The molecule has 0 atom stereocenters. The number of hydrogen-bond acceptors (Lipinski definition) is 9. The van der Waals surface area contributed by atoms with E-state index in [0.717, 1.165) is 133 Å². The number of para-hydroxylation sites is 6. The quantitative estimate of drug-likeness (QED) is 0.131. The van der Waals surface area contributed by atoms with Crippen LogP contribution in [0.2, 0.25) is 0 Å². The SMILES string of the molecule is c1ccc(-c2nc(-c3ccccc3)n(-c3ccc4c(c3)c3ccccc3n4-c3cc(-n4c5ccccc5c5ccccc54)ncn3)n2)cc1.c1ccc(-c2nc(-c3ccccc3)n(-c3ccc4c(c3)c3ccccc3n4-c3ncnc(-n4c5ccccc5c5ccccc54)n3)n2)cc1. The van der Waals surface area contributed by atoms with Crippen molar-refractivity contribution in [2.45, 2.75) is 0 Å². The van der Waals surface area contributed by atoms with Crippen molar-refractivity contribution in [3.05, 3.63) is 322 Å². The third kappa shape index (κ3) is 9.24. The molecule has 20 aromatic rings. The summed E-state index contributed by atoms with van der Waals surface area (Å²) in [6.07, 6.45) is 3.26. The van der Waals surface area contributed by atoms with Gasteiger partial charge in [-0.1, -0.05) is 231 Å². The summed E-state index contributed by atoms with van der Waals surface area (Å²) < 4.78 is 12.6. The van der Waals surface area contributed by atoms with E-state index in [1.54, 1.807) is 12.7 Å². The van der Waals surface area contributed by atoms with E-state index >= 15 is 0 Å². The van der Waals surface area contributed by atoms with Crippen molar-refractivity contribution in [1.82, 2.24) is 72.7 Å².